The molecule has 38 heavy (non-hydrogen) atoms. The maximum Gasteiger partial charge on any atom is 0.415 e. The van der Waals surface area contributed by atoms with E-state index in [2.05, 4.69) is 0 Å². The summed E-state index contributed by atoms with van der Waals surface area (Å²) in [5.41, 5.74) is 2.08. The second-order valence-electron chi connectivity index (χ2n) is 9.89. The van der Waals surface area contributed by atoms with Crippen molar-refractivity contribution in [2.75, 3.05) is 12.0 Å². The number of carbonyl (C=O) groups excluding carboxylic acids is 1. The van der Waals surface area contributed by atoms with Crippen LogP contribution in [0, 0.1) is 0 Å². The number of benzene rings is 3. The molecule has 1 aliphatic carbocycles. The Bertz CT molecular complexity index is 1440. The molecule has 0 aromatic heterocycles. The van der Waals surface area contributed by atoms with E-state index < -0.39 is 28.0 Å². The molecule has 1 aliphatic rings. The third-order valence-electron chi connectivity index (χ3n) is 6.15. The van der Waals surface area contributed by atoms with Crippen molar-refractivity contribution >= 4 is 38.5 Å². The van der Waals surface area contributed by atoms with Crippen LogP contribution >= 0.6 is 11.6 Å². The Morgan fingerprint density at radius 1 is 1.00 bits per heavy atom. The first-order valence-electron chi connectivity index (χ1n) is 12.2. The van der Waals surface area contributed by atoms with Crippen LogP contribution < -0.4 is 14.4 Å². The van der Waals surface area contributed by atoms with Gasteiger partial charge < -0.3 is 14.2 Å². The lowest BCUT2D eigenvalue weighted by Gasteiger charge is -2.36. The predicted molar refractivity (Wildman–Crippen MR) is 149 cm³/mol. The Balaban J connectivity index is 1.70. The third kappa shape index (κ3) is 6.31. The zero-order chi connectivity index (χ0) is 27.4. The van der Waals surface area contributed by atoms with Crippen LogP contribution in [0.25, 0.3) is 0 Å². The van der Waals surface area contributed by atoms with Gasteiger partial charge in [0.1, 0.15) is 28.6 Å². The molecular weight excluding hydrogens is 526 g/mol. The van der Waals surface area contributed by atoms with Gasteiger partial charge >= 0.3 is 6.09 Å². The molecule has 200 valence electrons. The van der Waals surface area contributed by atoms with E-state index in [1.54, 1.807) is 64.3 Å². The lowest BCUT2D eigenvalue weighted by atomic mass is 9.84. The first kappa shape index (κ1) is 27.5. The monoisotopic (exact) mass is 555 g/mol. The molecule has 0 saturated carbocycles. The summed E-state index contributed by atoms with van der Waals surface area (Å²) in [6, 6.07) is 18.7. The van der Waals surface area contributed by atoms with Gasteiger partial charge in [0.15, 0.2) is 0 Å². The molecule has 0 heterocycles. The largest absolute Gasteiger partial charge is 0.497 e. The molecule has 0 N–H and O–H groups in total. The number of anilines is 1. The number of hydrogen-bond acceptors (Lipinski definition) is 6. The highest BCUT2D eigenvalue weighted by Gasteiger charge is 2.37. The fourth-order valence-corrected chi connectivity index (χ4v) is 5.44. The number of amides is 1. The molecule has 1 atom stereocenters. The van der Waals surface area contributed by atoms with Crippen molar-refractivity contribution < 1.29 is 27.4 Å². The maximum atomic E-state index is 13.4. The van der Waals surface area contributed by atoms with Crippen molar-refractivity contribution in [1.29, 1.82) is 0 Å². The van der Waals surface area contributed by atoms with Crippen LogP contribution in [0.3, 0.4) is 0 Å². The quantitative estimate of drug-likeness (QED) is 0.343. The van der Waals surface area contributed by atoms with Crippen LogP contribution in [0.4, 0.5) is 10.5 Å². The van der Waals surface area contributed by atoms with E-state index in [9.17, 15) is 13.2 Å². The van der Waals surface area contributed by atoms with Gasteiger partial charge in [0.2, 0.25) is 10.3 Å². The molecule has 4 rings (SSSR count). The number of carbonyl (C=O) groups is 1. The lowest BCUT2D eigenvalue weighted by Crippen LogP contribution is -2.50. The second-order valence-corrected chi connectivity index (χ2v) is 11.2. The number of hydrogen-bond donors (Lipinski definition) is 0. The molecule has 3 aromatic carbocycles. The van der Waals surface area contributed by atoms with Crippen LogP contribution in [0.5, 0.6) is 11.5 Å². The summed E-state index contributed by atoms with van der Waals surface area (Å²) >= 11 is 6.08. The molecule has 0 aliphatic heterocycles. The van der Waals surface area contributed by atoms with Gasteiger partial charge in [0.25, 0.3) is 0 Å². The molecule has 9 heteroatoms. The van der Waals surface area contributed by atoms with E-state index in [-0.39, 0.29) is 11.5 Å². The highest BCUT2D eigenvalue weighted by Crippen LogP contribution is 2.33. The fourth-order valence-electron chi connectivity index (χ4n) is 4.49. The zero-order valence-electron chi connectivity index (χ0n) is 21.7. The number of fused-ring (bicyclic) bond motifs is 1. The molecule has 7 nitrogen and oxygen atoms in total. The summed E-state index contributed by atoms with van der Waals surface area (Å²) in [7, 11) is -0.996. The molecule has 1 amide bonds. The third-order valence-corrected chi connectivity index (χ3v) is 7.25. The Morgan fingerprint density at radius 2 is 1.66 bits per heavy atom. The average Bonchev–Trinajstić information content (AvgIpc) is 2.87. The van der Waals surface area contributed by atoms with Crippen molar-refractivity contribution in [3.8, 4) is 11.5 Å². The molecule has 1 unspecified atom stereocenters. The number of methoxy groups -OCH3 is 1. The van der Waals surface area contributed by atoms with E-state index in [1.807, 2.05) is 30.3 Å². The molecule has 0 fully saturated rings. The van der Waals surface area contributed by atoms with Crippen LogP contribution in [0.1, 0.15) is 43.9 Å². The van der Waals surface area contributed by atoms with E-state index in [4.69, 9.17) is 25.8 Å². The summed E-state index contributed by atoms with van der Waals surface area (Å²) in [5.74, 6) is 1.40. The van der Waals surface area contributed by atoms with Gasteiger partial charge in [-0.15, -0.1) is 0 Å². The Morgan fingerprint density at radius 3 is 2.26 bits per heavy atom. The van der Waals surface area contributed by atoms with E-state index in [0.717, 1.165) is 16.9 Å². The van der Waals surface area contributed by atoms with Crippen LogP contribution in [0.2, 0.25) is 5.02 Å². The van der Waals surface area contributed by atoms with Gasteiger partial charge in [-0.25, -0.2) is 4.79 Å². The molecule has 0 spiro atoms. The molecular formula is C29H30ClNO6S. The van der Waals surface area contributed by atoms with Crippen LogP contribution in [0.15, 0.2) is 66.7 Å². The molecule has 3 aromatic rings. The van der Waals surface area contributed by atoms with Gasteiger partial charge in [-0.05, 0) is 98.8 Å². The van der Waals surface area contributed by atoms with Crippen molar-refractivity contribution in [3.05, 3.63) is 88.4 Å². The van der Waals surface area contributed by atoms with Gasteiger partial charge in [0.05, 0.1) is 13.2 Å². The van der Waals surface area contributed by atoms with Crippen LogP contribution in [-0.2, 0) is 28.1 Å². The fraction of sp³-hybridized carbons (Fsp3) is 0.310. The van der Waals surface area contributed by atoms with Crippen molar-refractivity contribution in [3.63, 3.8) is 0 Å². The summed E-state index contributed by atoms with van der Waals surface area (Å²) in [6.07, 6.45) is 0.309. The number of rotatable bonds is 6. The highest BCUT2D eigenvalue weighted by atomic mass is 35.5. The van der Waals surface area contributed by atoms with Crippen LogP contribution in [-0.4, -0.2) is 38.1 Å². The molecule has 0 bridgehead atoms. The maximum absolute atomic E-state index is 13.4. The normalized spacial score (nSPS) is 14.9. The summed E-state index contributed by atoms with van der Waals surface area (Å²) in [6.45, 7) is 5.58. The number of halogens is 1. The van der Waals surface area contributed by atoms with E-state index in [0.29, 0.717) is 34.9 Å². The van der Waals surface area contributed by atoms with Crippen molar-refractivity contribution in [2.45, 2.75) is 51.9 Å². The standard InChI is InChI=1S/C29H30ClNO6S/c1-29(2,3)37-28(32)31(21-10-8-20(30)9-11-21)26-17-16-24-19(6-5-7-25(24)27(26)38(33)34)18-36-23-14-12-22(35-4)13-15-23/h5-15,26H,16-18H2,1-4H3. The Hall–Kier alpha value is -3.49. The minimum Gasteiger partial charge on any atom is -0.497 e. The SMILES string of the molecule is COc1ccc(OCc2cccc3c2CCC(N(C(=O)OC(C)(C)C)c2ccc(Cl)cc2)C3=S(=O)=O)cc1. The Labute approximate surface area is 229 Å². The minimum absolute atomic E-state index is 0.137. The molecule has 0 saturated heterocycles. The number of ether oxygens (including phenoxy) is 3. The summed E-state index contributed by atoms with van der Waals surface area (Å²) < 4.78 is 42.3. The van der Waals surface area contributed by atoms with E-state index >= 15 is 0 Å². The van der Waals surface area contributed by atoms with Crippen molar-refractivity contribution in [1.82, 2.24) is 0 Å². The van der Waals surface area contributed by atoms with Gasteiger partial charge in [-0.1, -0.05) is 29.8 Å². The lowest BCUT2D eigenvalue weighted by molar-refractivity contribution is 0.0573. The van der Waals surface area contributed by atoms with Crippen molar-refractivity contribution in [2.24, 2.45) is 0 Å². The summed E-state index contributed by atoms with van der Waals surface area (Å²) in [4.78, 5) is 15.0. The first-order valence-corrected chi connectivity index (χ1v) is 13.6. The van der Waals surface area contributed by atoms with Gasteiger partial charge in [0, 0.05) is 10.7 Å². The topological polar surface area (TPSA) is 82.1 Å². The Kier molecular flexibility index (Phi) is 8.33. The van der Waals surface area contributed by atoms with Gasteiger partial charge in [-0.3, -0.25) is 4.90 Å². The second kappa shape index (κ2) is 11.5. The highest BCUT2D eigenvalue weighted by molar-refractivity contribution is 7.73. The predicted octanol–water partition coefficient (Wildman–Crippen LogP) is 6.08. The minimum atomic E-state index is -2.60. The number of nitrogens with zero attached hydrogens (tertiary/aromatic N) is 1. The summed E-state index contributed by atoms with van der Waals surface area (Å²) in [5, 5.41) is 0.505. The zero-order valence-corrected chi connectivity index (χ0v) is 23.3. The van der Waals surface area contributed by atoms with Gasteiger partial charge in [-0.2, -0.15) is 8.42 Å². The first-order chi connectivity index (χ1) is 18.1. The van der Waals surface area contributed by atoms with E-state index in [1.165, 1.54) is 4.90 Å². The smallest absolute Gasteiger partial charge is 0.415 e. The molecule has 0 radical (unpaired) electrons. The average molecular weight is 556 g/mol.